The number of benzene rings is 1. The quantitative estimate of drug-likeness (QED) is 0.269. The maximum absolute atomic E-state index is 14.8. The summed E-state index contributed by atoms with van der Waals surface area (Å²) in [4.78, 5) is 66.5. The molecule has 4 aliphatic rings. The van der Waals surface area contributed by atoms with Crippen LogP contribution in [0, 0.1) is 11.7 Å². The van der Waals surface area contributed by atoms with E-state index in [1.807, 2.05) is 26.0 Å². The number of amides is 4. The first-order valence-corrected chi connectivity index (χ1v) is 20.5. The number of aryl methyl sites for hydroxylation is 2. The van der Waals surface area contributed by atoms with Gasteiger partial charge < -0.3 is 24.8 Å². The van der Waals surface area contributed by atoms with Crippen molar-refractivity contribution in [3.63, 3.8) is 0 Å². The summed E-state index contributed by atoms with van der Waals surface area (Å²) in [5, 5.41) is 9.51. The topological polar surface area (TPSA) is 203 Å². The molecule has 4 amide bonds. The zero-order valence-corrected chi connectivity index (χ0v) is 31.9. The molecule has 3 aromatic rings. The molecule has 3 fully saturated rings. The first-order chi connectivity index (χ1) is 26.3. The summed E-state index contributed by atoms with van der Waals surface area (Å²) >= 11 is 0. The van der Waals surface area contributed by atoms with E-state index in [1.165, 1.54) is 23.1 Å². The number of aromatic nitrogens is 3. The van der Waals surface area contributed by atoms with Crippen molar-refractivity contribution < 1.29 is 41.2 Å². The number of carbonyl (C=O) groups excluding carboxylic acids is 4. The Morgan fingerprint density at radius 1 is 1.13 bits per heavy atom. The molecular formula is C38H46FN7O8S. The number of para-hydroxylation sites is 1. The molecule has 5 atom stereocenters. The molecule has 17 heteroatoms. The SMILES string of the molecule is CCc1cc(C(=O)N[C@H]2CCCCC/C=C\[C@@H]3C[C@@]3(C(=O)NS(=O)(=O)C3(C)CC3)NC(=O)[C@@H]3C[C@@H](Oc4nc5c(F)cccc5nc4CC)CN3C2=O)no1. The van der Waals surface area contributed by atoms with E-state index < -0.39 is 73.9 Å². The van der Waals surface area contributed by atoms with E-state index in [1.54, 1.807) is 13.0 Å². The molecule has 3 N–H and O–H groups in total. The third-order valence-corrected chi connectivity index (χ3v) is 13.4. The molecule has 0 radical (unpaired) electrons. The predicted molar refractivity (Wildman–Crippen MR) is 196 cm³/mol. The Labute approximate surface area is 318 Å². The lowest BCUT2D eigenvalue weighted by molar-refractivity contribution is -0.141. The second kappa shape index (κ2) is 15.0. The Kier molecular flexibility index (Phi) is 10.4. The molecule has 1 aromatic carbocycles. The molecule has 7 rings (SSSR count). The summed E-state index contributed by atoms with van der Waals surface area (Å²) < 4.78 is 53.8. The molecule has 15 nitrogen and oxygen atoms in total. The summed E-state index contributed by atoms with van der Waals surface area (Å²) in [7, 11) is -4.02. The van der Waals surface area contributed by atoms with E-state index in [2.05, 4.69) is 30.5 Å². The molecule has 2 aliphatic carbocycles. The van der Waals surface area contributed by atoms with Crippen molar-refractivity contribution in [1.29, 1.82) is 0 Å². The van der Waals surface area contributed by atoms with Crippen molar-refractivity contribution >= 4 is 44.7 Å². The lowest BCUT2D eigenvalue weighted by atomic mass is 10.0. The van der Waals surface area contributed by atoms with E-state index in [-0.39, 0.29) is 42.9 Å². The standard InChI is InChI=1S/C38H46FN7O8S/c1-4-23-18-29(44-54-23)32(47)41-28-14-10-8-6-7-9-12-22-20-38(22,36(50)45-55(51,52)37(3)16-17-37)43-33(48)30-19-24(21-46(30)35(28)49)53-34-26(5-2)40-27-15-11-13-25(39)31(27)42-34/h9,11-13,15,18,22,24,28,30H,4-8,10,14,16-17,19-21H2,1-3H3,(H,41,47)(H,43,48)(H,45,50)/b12-9-/t22-,24-,28+,30+,38-/m1/s1. The summed E-state index contributed by atoms with van der Waals surface area (Å²) in [6.07, 6.45) is 7.81. The van der Waals surface area contributed by atoms with Gasteiger partial charge >= 0.3 is 0 Å². The third-order valence-electron chi connectivity index (χ3n) is 11.2. The van der Waals surface area contributed by atoms with Crippen LogP contribution in [0.25, 0.3) is 11.0 Å². The highest BCUT2D eigenvalue weighted by molar-refractivity contribution is 7.91. The number of ether oxygens (including phenoxy) is 1. The number of halogens is 1. The molecule has 55 heavy (non-hydrogen) atoms. The molecule has 0 unspecified atom stereocenters. The van der Waals surface area contributed by atoms with Gasteiger partial charge in [-0.1, -0.05) is 50.1 Å². The van der Waals surface area contributed by atoms with E-state index in [9.17, 15) is 32.0 Å². The third kappa shape index (κ3) is 7.67. The fourth-order valence-corrected chi connectivity index (χ4v) is 8.62. The van der Waals surface area contributed by atoms with Crippen molar-refractivity contribution in [2.24, 2.45) is 5.92 Å². The Morgan fingerprint density at radius 3 is 2.65 bits per heavy atom. The Hall–Kier alpha value is -4.93. The fourth-order valence-electron chi connectivity index (χ4n) is 7.31. The van der Waals surface area contributed by atoms with E-state index in [4.69, 9.17) is 9.26 Å². The van der Waals surface area contributed by atoms with Gasteiger partial charge in [-0.15, -0.1) is 0 Å². The smallest absolute Gasteiger partial charge is 0.274 e. The lowest BCUT2D eigenvalue weighted by Gasteiger charge is -2.30. The van der Waals surface area contributed by atoms with Crippen LogP contribution in [0.4, 0.5) is 4.39 Å². The number of sulfonamides is 1. The predicted octanol–water partition coefficient (Wildman–Crippen LogP) is 3.42. The van der Waals surface area contributed by atoms with Crippen LogP contribution < -0.4 is 20.1 Å². The minimum absolute atomic E-state index is 0.00835. The molecule has 0 spiro atoms. The maximum atomic E-state index is 14.8. The number of nitrogens with one attached hydrogen (secondary N) is 3. The maximum Gasteiger partial charge on any atom is 0.274 e. The second-order valence-corrected chi connectivity index (χ2v) is 17.4. The van der Waals surface area contributed by atoms with E-state index in [0.717, 1.165) is 12.8 Å². The molecule has 1 saturated heterocycles. The van der Waals surface area contributed by atoms with Crippen molar-refractivity contribution in [2.75, 3.05) is 6.54 Å². The number of nitrogens with zero attached hydrogens (tertiary/aromatic N) is 4. The van der Waals surface area contributed by atoms with E-state index >= 15 is 0 Å². The van der Waals surface area contributed by atoms with Gasteiger partial charge in [0.2, 0.25) is 27.7 Å². The van der Waals surface area contributed by atoms with Crippen LogP contribution in [0.2, 0.25) is 0 Å². The van der Waals surface area contributed by atoms with Crippen LogP contribution in [0.15, 0.2) is 40.9 Å². The molecular weight excluding hydrogens is 734 g/mol. The number of allylic oxidation sites excluding steroid dienone is 1. The van der Waals surface area contributed by atoms with Crippen molar-refractivity contribution in [3.8, 4) is 5.88 Å². The van der Waals surface area contributed by atoms with Gasteiger partial charge in [-0.3, -0.25) is 23.9 Å². The number of hydrogen-bond acceptors (Lipinski definition) is 11. The van der Waals surface area contributed by atoms with Gasteiger partial charge in [0, 0.05) is 24.8 Å². The molecule has 2 aromatic heterocycles. The van der Waals surface area contributed by atoms with Crippen LogP contribution in [-0.4, -0.2) is 87.1 Å². The number of hydrogen-bond donors (Lipinski definition) is 3. The molecule has 2 saturated carbocycles. The second-order valence-electron chi connectivity index (χ2n) is 15.2. The Balaban J connectivity index is 1.21. The average molecular weight is 780 g/mol. The van der Waals surface area contributed by atoms with Gasteiger partial charge in [0.15, 0.2) is 11.5 Å². The van der Waals surface area contributed by atoms with Crippen LogP contribution >= 0.6 is 0 Å². The first kappa shape index (κ1) is 38.3. The van der Waals surface area contributed by atoms with Crippen LogP contribution in [0.3, 0.4) is 0 Å². The van der Waals surface area contributed by atoms with Gasteiger partial charge in [-0.2, -0.15) is 0 Å². The van der Waals surface area contributed by atoms with Crippen molar-refractivity contribution in [2.45, 2.75) is 120 Å². The summed E-state index contributed by atoms with van der Waals surface area (Å²) in [5.41, 5.74) is -0.734. The highest BCUT2D eigenvalue weighted by Crippen LogP contribution is 2.47. The van der Waals surface area contributed by atoms with Crippen LogP contribution in [-0.2, 0) is 37.2 Å². The lowest BCUT2D eigenvalue weighted by Crippen LogP contribution is -2.58. The highest BCUT2D eigenvalue weighted by Gasteiger charge is 2.63. The summed E-state index contributed by atoms with van der Waals surface area (Å²) in [6.45, 7) is 5.16. The minimum atomic E-state index is -4.02. The molecule has 294 valence electrons. The molecule has 0 bridgehead atoms. The van der Waals surface area contributed by atoms with Crippen LogP contribution in [0.5, 0.6) is 5.88 Å². The van der Waals surface area contributed by atoms with Gasteiger partial charge in [0.05, 0.1) is 16.8 Å². The van der Waals surface area contributed by atoms with Gasteiger partial charge in [0.1, 0.15) is 40.7 Å². The Bertz CT molecular complexity index is 2150. The van der Waals surface area contributed by atoms with E-state index in [0.29, 0.717) is 55.5 Å². The Morgan fingerprint density at radius 2 is 1.93 bits per heavy atom. The van der Waals surface area contributed by atoms with Gasteiger partial charge in [-0.05, 0) is 64.0 Å². The van der Waals surface area contributed by atoms with Gasteiger partial charge in [0.25, 0.3) is 11.8 Å². The summed E-state index contributed by atoms with van der Waals surface area (Å²) in [6, 6.07) is 3.70. The minimum Gasteiger partial charge on any atom is -0.471 e. The number of rotatable bonds is 9. The van der Waals surface area contributed by atoms with Gasteiger partial charge in [-0.25, -0.2) is 22.8 Å². The normalized spacial score (nSPS) is 27.2. The fraction of sp³-hybridized carbons (Fsp3) is 0.553. The summed E-state index contributed by atoms with van der Waals surface area (Å²) in [5.74, 6) is -3.17. The number of carbonyl (C=O) groups is 4. The zero-order chi connectivity index (χ0) is 39.1. The average Bonchev–Trinajstić information content (AvgIpc) is 3.94. The van der Waals surface area contributed by atoms with Crippen molar-refractivity contribution in [1.82, 2.24) is 35.4 Å². The zero-order valence-electron chi connectivity index (χ0n) is 31.1. The van der Waals surface area contributed by atoms with Crippen LogP contribution in [0.1, 0.15) is 101 Å². The van der Waals surface area contributed by atoms with Crippen molar-refractivity contribution in [3.05, 3.63) is 59.4 Å². The number of fused-ring (bicyclic) bond motifs is 3. The highest BCUT2D eigenvalue weighted by atomic mass is 32.2. The monoisotopic (exact) mass is 779 g/mol. The largest absolute Gasteiger partial charge is 0.471 e. The first-order valence-electron chi connectivity index (χ1n) is 19.0. The molecule has 2 aliphatic heterocycles. The molecule has 4 heterocycles.